The van der Waals surface area contributed by atoms with E-state index in [-0.39, 0.29) is 18.2 Å². The minimum atomic E-state index is -0.534. The maximum Gasteiger partial charge on any atom is 0.228 e. The molecule has 1 aromatic carbocycles. The van der Waals surface area contributed by atoms with Gasteiger partial charge in [-0.3, -0.25) is 4.98 Å². The summed E-state index contributed by atoms with van der Waals surface area (Å²) in [6.45, 7) is 3.19. The van der Waals surface area contributed by atoms with Gasteiger partial charge in [-0.15, -0.1) is 0 Å². The first-order valence-electron chi connectivity index (χ1n) is 12.5. The fraction of sp³-hybridized carbons (Fsp3) is 0.269. The van der Waals surface area contributed by atoms with E-state index in [4.69, 9.17) is 20.4 Å². The highest BCUT2D eigenvalue weighted by molar-refractivity contribution is 5.77. The summed E-state index contributed by atoms with van der Waals surface area (Å²) in [6, 6.07) is 8.03. The van der Waals surface area contributed by atoms with Gasteiger partial charge in [0.2, 0.25) is 11.9 Å². The van der Waals surface area contributed by atoms with Crippen LogP contribution in [0.2, 0.25) is 0 Å². The zero-order valence-electron chi connectivity index (χ0n) is 21.0. The highest BCUT2D eigenvalue weighted by atomic mass is 19.1. The third-order valence-corrected chi connectivity index (χ3v) is 6.66. The number of hydrogen-bond acceptors (Lipinski definition) is 12. The van der Waals surface area contributed by atoms with Crippen molar-refractivity contribution in [1.82, 2.24) is 30.3 Å². The van der Waals surface area contributed by atoms with Gasteiger partial charge in [-0.25, -0.2) is 24.8 Å². The molecule has 200 valence electrons. The van der Waals surface area contributed by atoms with Crippen LogP contribution in [0.25, 0.3) is 11.3 Å². The standard InChI is InChI=1S/C26H26FN10O2/c27-21-12-19(37(38)32-14-17-2-1-6-29-13-17)3-4-22(21)36-7-5-20-23(18-15-30-25(28)31-16-18)33-26(34-24(20)36)35-8-10-39-11-9-35/h1-4,6,12-13,15-16,32H,5,7-11,14H2,(H2,28,30,31)/q-1. The molecule has 3 N–H and O–H groups in total. The number of morpholine rings is 1. The van der Waals surface area contributed by atoms with Crippen molar-refractivity contribution in [3.05, 3.63) is 77.3 Å². The number of hydrazine groups is 1. The van der Waals surface area contributed by atoms with Crippen molar-refractivity contribution in [2.24, 2.45) is 0 Å². The first-order valence-corrected chi connectivity index (χ1v) is 12.5. The highest BCUT2D eigenvalue weighted by Gasteiger charge is 2.30. The molecular weight excluding hydrogens is 503 g/mol. The third kappa shape index (κ3) is 5.14. The van der Waals surface area contributed by atoms with E-state index >= 15 is 4.39 Å². The lowest BCUT2D eigenvalue weighted by Crippen LogP contribution is -2.37. The topological polar surface area (TPSA) is 145 Å². The molecule has 5 heterocycles. The molecule has 0 unspecified atom stereocenters. The number of anilines is 5. The third-order valence-electron chi connectivity index (χ3n) is 6.66. The first kappa shape index (κ1) is 24.9. The van der Waals surface area contributed by atoms with Crippen LogP contribution in [-0.4, -0.2) is 57.8 Å². The molecule has 12 nitrogen and oxygen atoms in total. The van der Waals surface area contributed by atoms with Crippen LogP contribution in [0.1, 0.15) is 11.1 Å². The molecule has 0 atom stereocenters. The van der Waals surface area contributed by atoms with E-state index in [2.05, 4.69) is 20.4 Å². The fourth-order valence-corrected chi connectivity index (χ4v) is 4.68. The molecule has 13 heteroatoms. The van der Waals surface area contributed by atoms with Gasteiger partial charge in [-0.2, -0.15) is 4.98 Å². The molecule has 0 saturated carbocycles. The number of hydrogen-bond donors (Lipinski definition) is 2. The number of nitrogen functional groups attached to an aromatic ring is 1. The summed E-state index contributed by atoms with van der Waals surface area (Å²) in [5, 5.41) is 13.1. The van der Waals surface area contributed by atoms with Crippen molar-refractivity contribution in [2.45, 2.75) is 13.0 Å². The Kier molecular flexibility index (Phi) is 6.84. The van der Waals surface area contributed by atoms with Crippen LogP contribution in [0.5, 0.6) is 0 Å². The van der Waals surface area contributed by atoms with Gasteiger partial charge in [0.25, 0.3) is 0 Å². The Morgan fingerprint density at radius 2 is 1.90 bits per heavy atom. The average molecular weight is 530 g/mol. The van der Waals surface area contributed by atoms with Crippen molar-refractivity contribution in [2.75, 3.05) is 53.6 Å². The summed E-state index contributed by atoms with van der Waals surface area (Å²) < 4.78 is 21.0. The van der Waals surface area contributed by atoms with Crippen LogP contribution >= 0.6 is 0 Å². The number of benzene rings is 1. The van der Waals surface area contributed by atoms with Gasteiger partial charge in [0.1, 0.15) is 11.6 Å². The van der Waals surface area contributed by atoms with Gasteiger partial charge < -0.3 is 30.6 Å². The predicted molar refractivity (Wildman–Crippen MR) is 145 cm³/mol. The lowest BCUT2D eigenvalue weighted by molar-refractivity contribution is 0.122. The van der Waals surface area contributed by atoms with Crippen LogP contribution in [0.3, 0.4) is 0 Å². The molecule has 4 aromatic rings. The van der Waals surface area contributed by atoms with Crippen molar-refractivity contribution < 1.29 is 9.13 Å². The largest absolute Gasteiger partial charge is 0.743 e. The van der Waals surface area contributed by atoms with E-state index in [1.807, 2.05) is 15.9 Å². The van der Waals surface area contributed by atoms with Crippen LogP contribution in [0.15, 0.2) is 55.1 Å². The molecular formula is C26H26FN10O2-. The smallest absolute Gasteiger partial charge is 0.228 e. The molecule has 1 saturated heterocycles. The number of rotatable bonds is 7. The van der Waals surface area contributed by atoms with E-state index in [0.29, 0.717) is 73.2 Å². The first-order chi connectivity index (χ1) is 19.1. The van der Waals surface area contributed by atoms with Crippen molar-refractivity contribution in [1.29, 1.82) is 0 Å². The van der Waals surface area contributed by atoms with Crippen molar-refractivity contribution in [3.63, 3.8) is 0 Å². The number of nitrogens with two attached hydrogens (primary N) is 1. The molecule has 1 fully saturated rings. The normalized spacial score (nSPS) is 14.9. The van der Waals surface area contributed by atoms with Gasteiger partial charge in [-0.05, 0) is 36.2 Å². The van der Waals surface area contributed by atoms with Gasteiger partial charge in [0.15, 0.2) is 0 Å². The number of ether oxygens (including phenoxy) is 1. The molecule has 0 bridgehead atoms. The number of nitrogens with zero attached hydrogens (tertiary/aromatic N) is 8. The highest BCUT2D eigenvalue weighted by Crippen LogP contribution is 2.40. The SMILES string of the molecule is Nc1ncc(-c2nc(N3CCOCC3)nc3c2CCN3c2ccc(N([O-])NCc3cccnc3)cc2F)cn1. The van der Waals surface area contributed by atoms with Crippen LogP contribution in [-0.2, 0) is 17.7 Å². The number of nitrogens with one attached hydrogen (secondary N) is 1. The molecule has 2 aliphatic rings. The van der Waals surface area contributed by atoms with Crippen LogP contribution in [0.4, 0.5) is 33.5 Å². The number of aromatic nitrogens is 5. The molecule has 39 heavy (non-hydrogen) atoms. The Hall–Kier alpha value is -4.46. The predicted octanol–water partition coefficient (Wildman–Crippen LogP) is 2.59. The zero-order chi connectivity index (χ0) is 26.8. The molecule has 3 aromatic heterocycles. The summed E-state index contributed by atoms with van der Waals surface area (Å²) in [4.78, 5) is 25.9. The number of halogens is 1. The second-order valence-electron chi connectivity index (χ2n) is 9.13. The molecule has 0 aliphatic carbocycles. The fourth-order valence-electron chi connectivity index (χ4n) is 4.68. The Morgan fingerprint density at radius 3 is 2.64 bits per heavy atom. The van der Waals surface area contributed by atoms with Gasteiger partial charge in [-0.1, -0.05) is 6.07 Å². The Balaban J connectivity index is 1.31. The van der Waals surface area contributed by atoms with E-state index in [1.165, 1.54) is 6.07 Å². The Bertz CT molecular complexity index is 1450. The van der Waals surface area contributed by atoms with Gasteiger partial charge in [0, 0.05) is 67.8 Å². The number of fused-ring (bicyclic) bond motifs is 1. The summed E-state index contributed by atoms with van der Waals surface area (Å²) in [6.07, 6.45) is 7.18. The summed E-state index contributed by atoms with van der Waals surface area (Å²) in [5.74, 6) is 0.772. The maximum absolute atomic E-state index is 15.5. The van der Waals surface area contributed by atoms with E-state index in [9.17, 15) is 5.21 Å². The van der Waals surface area contributed by atoms with E-state index < -0.39 is 5.82 Å². The second kappa shape index (κ2) is 10.7. The summed E-state index contributed by atoms with van der Waals surface area (Å²) in [5.41, 5.74) is 12.0. The van der Waals surface area contributed by atoms with E-state index in [0.717, 1.165) is 11.1 Å². The molecule has 2 aliphatic heterocycles. The zero-order valence-corrected chi connectivity index (χ0v) is 21.0. The quantitative estimate of drug-likeness (QED) is 0.339. The lowest BCUT2D eigenvalue weighted by Gasteiger charge is -2.32. The average Bonchev–Trinajstić information content (AvgIpc) is 3.40. The minimum Gasteiger partial charge on any atom is -0.743 e. The van der Waals surface area contributed by atoms with Crippen LogP contribution in [0, 0.1) is 11.0 Å². The van der Waals surface area contributed by atoms with Gasteiger partial charge >= 0.3 is 0 Å². The van der Waals surface area contributed by atoms with Crippen molar-refractivity contribution >= 4 is 29.1 Å². The molecule has 0 radical (unpaired) electrons. The summed E-state index contributed by atoms with van der Waals surface area (Å²) in [7, 11) is 0. The van der Waals surface area contributed by atoms with Crippen molar-refractivity contribution in [3.8, 4) is 11.3 Å². The molecule has 0 amide bonds. The van der Waals surface area contributed by atoms with Crippen LogP contribution < -0.4 is 26.1 Å². The Labute approximate surface area is 223 Å². The minimum absolute atomic E-state index is 0.149. The van der Waals surface area contributed by atoms with E-state index in [1.54, 1.807) is 43.0 Å². The molecule has 0 spiro atoms. The number of pyridine rings is 1. The monoisotopic (exact) mass is 529 g/mol. The summed E-state index contributed by atoms with van der Waals surface area (Å²) >= 11 is 0. The lowest BCUT2D eigenvalue weighted by atomic mass is 10.1. The second-order valence-corrected chi connectivity index (χ2v) is 9.13. The molecule has 6 rings (SSSR count). The maximum atomic E-state index is 15.5. The Morgan fingerprint density at radius 1 is 1.08 bits per heavy atom. The van der Waals surface area contributed by atoms with Gasteiger partial charge in [0.05, 0.1) is 24.6 Å².